The fraction of sp³-hybridized carbons (Fsp3) is 0.182. The summed E-state index contributed by atoms with van der Waals surface area (Å²) in [6, 6.07) is 9.02. The van der Waals surface area contributed by atoms with Crippen LogP contribution < -0.4 is 0 Å². The van der Waals surface area contributed by atoms with E-state index in [0.717, 1.165) is 5.56 Å². The Labute approximate surface area is 101 Å². The summed E-state index contributed by atoms with van der Waals surface area (Å²) in [5, 5.41) is 9.31. The summed E-state index contributed by atoms with van der Waals surface area (Å²) in [4.78, 5) is 0. The van der Waals surface area contributed by atoms with Crippen LogP contribution in [0.25, 0.3) is 11.8 Å². The van der Waals surface area contributed by atoms with Gasteiger partial charge in [-0.15, -0.1) is 5.10 Å². The molecule has 0 atom stereocenters. The van der Waals surface area contributed by atoms with Crippen molar-refractivity contribution in [3.63, 3.8) is 0 Å². The number of halogens is 3. The van der Waals surface area contributed by atoms with Gasteiger partial charge in [0, 0.05) is 6.20 Å². The van der Waals surface area contributed by atoms with Gasteiger partial charge < -0.3 is 0 Å². The molecule has 0 radical (unpaired) electrons. The fourth-order valence-electron chi connectivity index (χ4n) is 1.43. The van der Waals surface area contributed by atoms with Crippen LogP contribution >= 0.6 is 0 Å². The Bertz CT molecular complexity index is 557. The molecule has 2 rings (SSSR count). The molecule has 0 N–H and O–H groups in total. The van der Waals surface area contributed by atoms with Crippen LogP contribution in [-0.4, -0.2) is 20.2 Å². The predicted molar refractivity (Wildman–Crippen MR) is 59.1 cm³/mol. The van der Waals surface area contributed by atoms with Gasteiger partial charge in [0.05, 0.1) is 0 Å². The van der Waals surface area contributed by atoms with E-state index in [-0.39, 0.29) is 0 Å². The smallest absolute Gasteiger partial charge is 0.196 e. The Morgan fingerprint density at radius 1 is 1.22 bits per heavy atom. The number of alkyl halides is 3. The van der Waals surface area contributed by atoms with E-state index in [0.29, 0.717) is 10.3 Å². The molecule has 0 unspecified atom stereocenters. The second-order valence-electron chi connectivity index (χ2n) is 3.62. The zero-order valence-electron chi connectivity index (χ0n) is 9.39. The lowest BCUT2D eigenvalue weighted by molar-refractivity contribution is -0.146. The number of tetrazole rings is 1. The standard InChI is InChI=1S/C11H9F3N4/c1-8(9-5-3-2-4-6-9)7-18-10(11(12,13)14)15-16-17-18/h2-7H,1H3. The molecule has 0 bridgehead atoms. The van der Waals surface area contributed by atoms with Gasteiger partial charge in [-0.25, -0.2) is 0 Å². The molecule has 0 aliphatic carbocycles. The summed E-state index contributed by atoms with van der Waals surface area (Å²) in [6.07, 6.45) is -3.32. The lowest BCUT2D eigenvalue weighted by Crippen LogP contribution is -2.12. The molecule has 0 spiro atoms. The molecule has 0 aliphatic rings. The maximum absolute atomic E-state index is 12.5. The molecule has 0 amide bonds. The molecule has 0 fully saturated rings. The number of allylic oxidation sites excluding steroid dienone is 1. The SMILES string of the molecule is CC(=Cn1nnnc1C(F)(F)F)c1ccccc1. The van der Waals surface area contributed by atoms with Crippen molar-refractivity contribution in [3.8, 4) is 0 Å². The maximum Gasteiger partial charge on any atom is 0.453 e. The first kappa shape index (κ1) is 12.3. The van der Waals surface area contributed by atoms with E-state index < -0.39 is 12.0 Å². The largest absolute Gasteiger partial charge is 0.453 e. The lowest BCUT2D eigenvalue weighted by Gasteiger charge is -2.05. The van der Waals surface area contributed by atoms with E-state index in [9.17, 15) is 13.2 Å². The van der Waals surface area contributed by atoms with Crippen LogP contribution in [0.5, 0.6) is 0 Å². The van der Waals surface area contributed by atoms with Gasteiger partial charge in [0.15, 0.2) is 0 Å². The third-order valence-corrected chi connectivity index (χ3v) is 2.29. The highest BCUT2D eigenvalue weighted by Gasteiger charge is 2.37. The van der Waals surface area contributed by atoms with E-state index >= 15 is 0 Å². The topological polar surface area (TPSA) is 43.6 Å². The zero-order chi connectivity index (χ0) is 13.2. The summed E-state index contributed by atoms with van der Waals surface area (Å²) < 4.78 is 38.3. The molecule has 2 aromatic rings. The van der Waals surface area contributed by atoms with Gasteiger partial charge in [-0.2, -0.15) is 17.9 Å². The van der Waals surface area contributed by atoms with Crippen molar-refractivity contribution >= 4 is 11.8 Å². The Balaban J connectivity index is 2.37. The number of rotatable bonds is 2. The van der Waals surface area contributed by atoms with Gasteiger partial charge >= 0.3 is 6.18 Å². The van der Waals surface area contributed by atoms with Crippen LogP contribution in [0.4, 0.5) is 13.2 Å². The summed E-state index contributed by atoms with van der Waals surface area (Å²) in [5.74, 6) is -1.14. The summed E-state index contributed by atoms with van der Waals surface area (Å²) >= 11 is 0. The Kier molecular flexibility index (Phi) is 3.14. The van der Waals surface area contributed by atoms with Crippen LogP contribution in [0.1, 0.15) is 18.3 Å². The van der Waals surface area contributed by atoms with Gasteiger partial charge in [-0.05, 0) is 28.5 Å². The molecular formula is C11H9F3N4. The number of aromatic nitrogens is 4. The first-order valence-corrected chi connectivity index (χ1v) is 5.07. The minimum absolute atomic E-state index is 0.627. The molecule has 18 heavy (non-hydrogen) atoms. The molecule has 0 aliphatic heterocycles. The van der Waals surface area contributed by atoms with Crippen LogP contribution in [0.2, 0.25) is 0 Å². The van der Waals surface area contributed by atoms with Crippen molar-refractivity contribution in [1.29, 1.82) is 0 Å². The highest BCUT2D eigenvalue weighted by Crippen LogP contribution is 2.27. The first-order valence-electron chi connectivity index (χ1n) is 5.07. The minimum atomic E-state index is -4.57. The average Bonchev–Trinajstić information content (AvgIpc) is 2.78. The Hall–Kier alpha value is -2.18. The van der Waals surface area contributed by atoms with Crippen molar-refractivity contribution in [3.05, 3.63) is 41.7 Å². The highest BCUT2D eigenvalue weighted by atomic mass is 19.4. The second-order valence-corrected chi connectivity index (χ2v) is 3.62. The van der Waals surface area contributed by atoms with E-state index in [4.69, 9.17) is 0 Å². The predicted octanol–water partition coefficient (Wildman–Crippen LogP) is 2.71. The Morgan fingerprint density at radius 2 is 1.89 bits per heavy atom. The monoisotopic (exact) mass is 254 g/mol. The third kappa shape index (κ3) is 2.55. The highest BCUT2D eigenvalue weighted by molar-refractivity contribution is 5.73. The van der Waals surface area contributed by atoms with E-state index in [1.54, 1.807) is 31.2 Å². The van der Waals surface area contributed by atoms with Crippen molar-refractivity contribution < 1.29 is 13.2 Å². The summed E-state index contributed by atoms with van der Waals surface area (Å²) in [7, 11) is 0. The van der Waals surface area contributed by atoms with E-state index in [1.807, 2.05) is 6.07 Å². The van der Waals surface area contributed by atoms with Crippen LogP contribution in [-0.2, 0) is 6.18 Å². The van der Waals surface area contributed by atoms with Crippen molar-refractivity contribution in [2.24, 2.45) is 0 Å². The van der Waals surface area contributed by atoms with Gasteiger partial charge in [0.25, 0.3) is 5.82 Å². The van der Waals surface area contributed by atoms with Crippen LogP contribution in [0.3, 0.4) is 0 Å². The number of nitrogens with zero attached hydrogens (tertiary/aromatic N) is 4. The Morgan fingerprint density at radius 3 is 2.50 bits per heavy atom. The number of benzene rings is 1. The van der Waals surface area contributed by atoms with Gasteiger partial charge in [0.2, 0.25) is 0 Å². The van der Waals surface area contributed by atoms with Gasteiger partial charge in [-0.3, -0.25) is 0 Å². The summed E-state index contributed by atoms with van der Waals surface area (Å²) in [6.45, 7) is 1.69. The van der Waals surface area contributed by atoms with Crippen molar-refractivity contribution in [1.82, 2.24) is 20.2 Å². The van der Waals surface area contributed by atoms with Crippen molar-refractivity contribution in [2.75, 3.05) is 0 Å². The quantitative estimate of drug-likeness (QED) is 0.827. The molecule has 0 saturated carbocycles. The summed E-state index contributed by atoms with van der Waals surface area (Å²) in [5.41, 5.74) is 1.44. The molecule has 4 nitrogen and oxygen atoms in total. The molecule has 7 heteroatoms. The molecule has 1 aromatic carbocycles. The van der Waals surface area contributed by atoms with Crippen molar-refractivity contribution in [2.45, 2.75) is 13.1 Å². The maximum atomic E-state index is 12.5. The first-order chi connectivity index (χ1) is 8.48. The van der Waals surface area contributed by atoms with E-state index in [1.165, 1.54) is 6.20 Å². The molecular weight excluding hydrogens is 245 g/mol. The second kappa shape index (κ2) is 4.59. The molecule has 1 aromatic heterocycles. The fourth-order valence-corrected chi connectivity index (χ4v) is 1.43. The number of hydrogen-bond donors (Lipinski definition) is 0. The van der Waals surface area contributed by atoms with Crippen LogP contribution in [0, 0.1) is 0 Å². The van der Waals surface area contributed by atoms with Crippen LogP contribution in [0.15, 0.2) is 30.3 Å². The normalized spacial score (nSPS) is 12.8. The van der Waals surface area contributed by atoms with E-state index in [2.05, 4.69) is 15.5 Å². The van der Waals surface area contributed by atoms with Gasteiger partial charge in [0.1, 0.15) is 0 Å². The lowest BCUT2D eigenvalue weighted by atomic mass is 10.1. The third-order valence-electron chi connectivity index (χ3n) is 2.29. The minimum Gasteiger partial charge on any atom is -0.196 e. The van der Waals surface area contributed by atoms with Gasteiger partial charge in [-0.1, -0.05) is 30.3 Å². The number of hydrogen-bond acceptors (Lipinski definition) is 3. The molecule has 0 saturated heterocycles. The average molecular weight is 254 g/mol. The molecule has 1 heterocycles. The molecule has 94 valence electrons. The zero-order valence-corrected chi connectivity index (χ0v) is 9.39.